The number of hydrogen-bond acceptors (Lipinski definition) is 1. The number of hydrogen-bond donors (Lipinski definition) is 0. The Morgan fingerprint density at radius 3 is 2.71 bits per heavy atom. The van der Waals surface area contributed by atoms with Crippen molar-refractivity contribution in [2.24, 2.45) is 0 Å². The molecule has 0 saturated carbocycles. The van der Waals surface area contributed by atoms with Gasteiger partial charge in [0.25, 0.3) is 0 Å². The maximum atomic E-state index is 13.1. The van der Waals surface area contributed by atoms with Gasteiger partial charge in [-0.2, -0.15) is 5.26 Å². The molecular formula is C11H9ClFN. The molecule has 0 aliphatic rings. The molecule has 0 spiro atoms. The van der Waals surface area contributed by atoms with Crippen molar-refractivity contribution in [3.05, 3.63) is 40.7 Å². The topological polar surface area (TPSA) is 23.8 Å². The molecule has 0 unspecified atom stereocenters. The summed E-state index contributed by atoms with van der Waals surface area (Å²) in [5, 5.41) is 8.95. The van der Waals surface area contributed by atoms with Gasteiger partial charge in [-0.05, 0) is 31.0 Å². The normalized spacial score (nSPS) is 11.9. The Kier molecular flexibility index (Phi) is 3.27. The summed E-state index contributed by atoms with van der Waals surface area (Å²) in [4.78, 5) is 0. The van der Waals surface area contributed by atoms with Gasteiger partial charge in [-0.1, -0.05) is 23.7 Å². The number of nitriles is 1. The fourth-order valence-corrected chi connectivity index (χ4v) is 1.34. The molecule has 0 aromatic heterocycles. The fraction of sp³-hybridized carbons (Fsp3) is 0.182. The van der Waals surface area contributed by atoms with Gasteiger partial charge in [0.15, 0.2) is 0 Å². The van der Waals surface area contributed by atoms with Crippen molar-refractivity contribution in [1.29, 1.82) is 5.26 Å². The van der Waals surface area contributed by atoms with Crippen molar-refractivity contribution in [2.75, 3.05) is 0 Å². The van der Waals surface area contributed by atoms with Gasteiger partial charge in [-0.3, -0.25) is 0 Å². The van der Waals surface area contributed by atoms with E-state index < -0.39 is 0 Å². The third-order valence-corrected chi connectivity index (χ3v) is 2.49. The molecule has 72 valence electrons. The summed E-state index contributed by atoms with van der Waals surface area (Å²) >= 11 is 5.92. The highest BCUT2D eigenvalue weighted by molar-refractivity contribution is 6.49. The summed E-state index contributed by atoms with van der Waals surface area (Å²) in [7, 11) is 0. The highest BCUT2D eigenvalue weighted by Crippen LogP contribution is 2.26. The maximum absolute atomic E-state index is 13.1. The largest absolute Gasteiger partial charge is 0.207 e. The van der Waals surface area contributed by atoms with Gasteiger partial charge in [-0.25, -0.2) is 4.39 Å². The van der Waals surface area contributed by atoms with Crippen LogP contribution in [0.3, 0.4) is 0 Å². The molecule has 0 heterocycles. The molecule has 0 amide bonds. The fourth-order valence-electron chi connectivity index (χ4n) is 1.10. The van der Waals surface area contributed by atoms with Gasteiger partial charge in [0.05, 0.1) is 11.1 Å². The Morgan fingerprint density at radius 2 is 2.14 bits per heavy atom. The van der Waals surface area contributed by atoms with Gasteiger partial charge in [0, 0.05) is 5.57 Å². The van der Waals surface area contributed by atoms with Gasteiger partial charge < -0.3 is 0 Å². The van der Waals surface area contributed by atoms with E-state index >= 15 is 0 Å². The lowest BCUT2D eigenvalue weighted by molar-refractivity contribution is 0.618. The van der Waals surface area contributed by atoms with E-state index in [4.69, 9.17) is 16.9 Å². The van der Waals surface area contributed by atoms with Gasteiger partial charge in [0.2, 0.25) is 0 Å². The van der Waals surface area contributed by atoms with E-state index in [1.807, 2.05) is 6.07 Å². The van der Waals surface area contributed by atoms with Crippen molar-refractivity contribution < 1.29 is 4.39 Å². The molecule has 3 heteroatoms. The van der Waals surface area contributed by atoms with Gasteiger partial charge in [-0.15, -0.1) is 0 Å². The molecule has 0 aliphatic heterocycles. The average Bonchev–Trinajstić information content (AvgIpc) is 2.20. The van der Waals surface area contributed by atoms with Crippen LogP contribution in [0.1, 0.15) is 18.1 Å². The van der Waals surface area contributed by atoms with Crippen LogP contribution >= 0.6 is 11.6 Å². The number of benzene rings is 1. The zero-order valence-corrected chi connectivity index (χ0v) is 8.69. The van der Waals surface area contributed by atoms with Crippen LogP contribution in [-0.2, 0) is 0 Å². The molecular weight excluding hydrogens is 201 g/mol. The van der Waals surface area contributed by atoms with Crippen LogP contribution in [0.5, 0.6) is 0 Å². The highest BCUT2D eigenvalue weighted by atomic mass is 35.5. The van der Waals surface area contributed by atoms with Crippen LogP contribution in [0.2, 0.25) is 0 Å². The smallest absolute Gasteiger partial charge is 0.126 e. The lowest BCUT2D eigenvalue weighted by Gasteiger charge is -2.05. The molecule has 0 bridgehead atoms. The Morgan fingerprint density at radius 1 is 1.50 bits per heavy atom. The van der Waals surface area contributed by atoms with E-state index in [0.29, 0.717) is 21.7 Å². The first-order valence-electron chi connectivity index (χ1n) is 4.10. The first-order valence-corrected chi connectivity index (χ1v) is 4.47. The van der Waals surface area contributed by atoms with Crippen LogP contribution in [0.4, 0.5) is 4.39 Å². The van der Waals surface area contributed by atoms with E-state index in [1.54, 1.807) is 26.0 Å². The van der Waals surface area contributed by atoms with Crippen molar-refractivity contribution in [3.63, 3.8) is 0 Å². The molecule has 0 N–H and O–H groups in total. The Hall–Kier alpha value is -1.33. The van der Waals surface area contributed by atoms with E-state index in [0.717, 1.165) is 0 Å². The second kappa shape index (κ2) is 4.26. The highest BCUT2D eigenvalue weighted by Gasteiger charge is 2.08. The first kappa shape index (κ1) is 10.7. The molecule has 0 radical (unpaired) electrons. The third-order valence-electron chi connectivity index (χ3n) is 2.00. The number of allylic oxidation sites excluding steroid dienone is 1. The number of halogens is 2. The van der Waals surface area contributed by atoms with Crippen molar-refractivity contribution in [3.8, 4) is 6.07 Å². The first-order chi connectivity index (χ1) is 6.57. The van der Waals surface area contributed by atoms with Gasteiger partial charge in [0.1, 0.15) is 5.82 Å². The van der Waals surface area contributed by atoms with Crippen LogP contribution in [0, 0.1) is 24.1 Å². The molecule has 0 aliphatic carbocycles. The standard InChI is InChI=1S/C11H9ClFN/c1-7(6-14)11(12)9-4-3-5-10(13)8(9)2/h3-5H,1-2H3/b11-7-. The van der Waals surface area contributed by atoms with E-state index in [-0.39, 0.29) is 5.82 Å². The second-order valence-corrected chi connectivity index (χ2v) is 3.34. The minimum Gasteiger partial charge on any atom is -0.207 e. The SMILES string of the molecule is C/C(C#N)=C(/Cl)c1cccc(F)c1C. The summed E-state index contributed by atoms with van der Waals surface area (Å²) < 4.78 is 13.1. The molecule has 1 aromatic carbocycles. The monoisotopic (exact) mass is 209 g/mol. The van der Waals surface area contributed by atoms with Crippen molar-refractivity contribution >= 4 is 16.6 Å². The van der Waals surface area contributed by atoms with Crippen LogP contribution in [0.25, 0.3) is 5.03 Å². The van der Waals surface area contributed by atoms with Gasteiger partial charge >= 0.3 is 0 Å². The summed E-state index contributed by atoms with van der Waals surface area (Å²) in [5.41, 5.74) is 1.43. The predicted molar refractivity (Wildman–Crippen MR) is 55.2 cm³/mol. The lowest BCUT2D eigenvalue weighted by Crippen LogP contribution is -1.90. The second-order valence-electron chi connectivity index (χ2n) is 2.96. The predicted octanol–water partition coefficient (Wildman–Crippen LogP) is 3.63. The molecule has 0 atom stereocenters. The third kappa shape index (κ3) is 1.94. The molecule has 0 fully saturated rings. The average molecular weight is 210 g/mol. The minimum atomic E-state index is -0.314. The zero-order valence-electron chi connectivity index (χ0n) is 7.94. The van der Waals surface area contributed by atoms with Crippen LogP contribution in [0.15, 0.2) is 23.8 Å². The summed E-state index contributed by atoms with van der Waals surface area (Å²) in [6, 6.07) is 6.57. The molecule has 1 rings (SSSR count). The Labute approximate surface area is 87.4 Å². The molecule has 1 aromatic rings. The van der Waals surface area contributed by atoms with Crippen molar-refractivity contribution in [2.45, 2.75) is 13.8 Å². The Bertz CT molecular complexity index is 429. The summed E-state index contributed by atoms with van der Waals surface area (Å²) in [6.45, 7) is 3.24. The quantitative estimate of drug-likeness (QED) is 0.648. The van der Waals surface area contributed by atoms with E-state index in [2.05, 4.69) is 0 Å². The molecule has 14 heavy (non-hydrogen) atoms. The number of nitrogens with zero attached hydrogens (tertiary/aromatic N) is 1. The zero-order chi connectivity index (χ0) is 10.7. The summed E-state index contributed by atoms with van der Waals surface area (Å²) in [6.07, 6.45) is 0. The molecule has 0 saturated heterocycles. The lowest BCUT2D eigenvalue weighted by atomic mass is 10.1. The molecule has 1 nitrogen and oxygen atoms in total. The maximum Gasteiger partial charge on any atom is 0.126 e. The van der Waals surface area contributed by atoms with Crippen LogP contribution in [-0.4, -0.2) is 0 Å². The number of rotatable bonds is 1. The minimum absolute atomic E-state index is 0.310. The van der Waals surface area contributed by atoms with E-state index in [1.165, 1.54) is 6.07 Å². The van der Waals surface area contributed by atoms with E-state index in [9.17, 15) is 4.39 Å². The van der Waals surface area contributed by atoms with Crippen LogP contribution < -0.4 is 0 Å². The Balaban J connectivity index is 3.36. The van der Waals surface area contributed by atoms with Crippen molar-refractivity contribution in [1.82, 2.24) is 0 Å². The summed E-state index contributed by atoms with van der Waals surface area (Å²) in [5.74, 6) is -0.314.